The molecule has 132 valence electrons. The fourth-order valence-corrected chi connectivity index (χ4v) is 2.29. The lowest BCUT2D eigenvalue weighted by molar-refractivity contribution is -0.141. The highest BCUT2D eigenvalue weighted by atomic mass is 16.5. The lowest BCUT2D eigenvalue weighted by Gasteiger charge is -2.19. The number of aliphatic carboxylic acids is 1. The number of hydrogen-bond donors (Lipinski definition) is 1. The molecule has 0 radical (unpaired) electrons. The van der Waals surface area contributed by atoms with E-state index in [0.717, 1.165) is 11.3 Å². The van der Waals surface area contributed by atoms with E-state index in [9.17, 15) is 9.59 Å². The van der Waals surface area contributed by atoms with E-state index in [1.54, 1.807) is 38.4 Å². The van der Waals surface area contributed by atoms with Crippen molar-refractivity contribution in [1.82, 2.24) is 9.88 Å². The highest BCUT2D eigenvalue weighted by molar-refractivity contribution is 5.94. The zero-order chi connectivity index (χ0) is 18.4. The summed E-state index contributed by atoms with van der Waals surface area (Å²) >= 11 is 0. The minimum absolute atomic E-state index is 0.157. The second kappa shape index (κ2) is 8.28. The second-order valence-electron chi connectivity index (χ2n) is 6.05. The van der Waals surface area contributed by atoms with Gasteiger partial charge in [0.15, 0.2) is 0 Å². The Morgan fingerprint density at radius 3 is 2.68 bits per heavy atom. The van der Waals surface area contributed by atoms with Crippen LogP contribution in [0.15, 0.2) is 42.6 Å². The van der Waals surface area contributed by atoms with Crippen molar-refractivity contribution in [2.75, 3.05) is 13.6 Å². The molecule has 1 aromatic heterocycles. The van der Waals surface area contributed by atoms with Gasteiger partial charge in [-0.05, 0) is 36.8 Å². The Morgan fingerprint density at radius 1 is 1.28 bits per heavy atom. The van der Waals surface area contributed by atoms with Gasteiger partial charge in [0.1, 0.15) is 12.4 Å². The van der Waals surface area contributed by atoms with Gasteiger partial charge >= 0.3 is 5.97 Å². The molecule has 1 unspecified atom stereocenters. The van der Waals surface area contributed by atoms with Crippen molar-refractivity contribution in [2.45, 2.75) is 20.5 Å². The van der Waals surface area contributed by atoms with Crippen molar-refractivity contribution in [1.29, 1.82) is 0 Å². The van der Waals surface area contributed by atoms with Crippen LogP contribution in [0.3, 0.4) is 0 Å². The number of carboxylic acids is 1. The van der Waals surface area contributed by atoms with E-state index >= 15 is 0 Å². The van der Waals surface area contributed by atoms with Crippen molar-refractivity contribution < 1.29 is 19.4 Å². The first-order valence-corrected chi connectivity index (χ1v) is 7.99. The number of rotatable bonds is 7. The maximum absolute atomic E-state index is 12.4. The first kappa shape index (κ1) is 18.4. The molecular formula is C19H22N2O4. The molecule has 0 aliphatic heterocycles. The summed E-state index contributed by atoms with van der Waals surface area (Å²) in [6.07, 6.45) is 1.66. The molecule has 0 saturated heterocycles. The minimum atomic E-state index is -0.923. The molecule has 1 N–H and O–H groups in total. The molecule has 2 rings (SSSR count). The monoisotopic (exact) mass is 342 g/mol. The molecule has 0 spiro atoms. The lowest BCUT2D eigenvalue weighted by atomic mass is 10.1. The predicted octanol–water partition coefficient (Wildman–Crippen LogP) is 2.76. The number of carbonyl (C=O) groups is 2. The number of amides is 1. The number of ether oxygens (including phenoxy) is 1. The van der Waals surface area contributed by atoms with Crippen molar-refractivity contribution in [3.05, 3.63) is 59.4 Å². The van der Waals surface area contributed by atoms with Crippen LogP contribution in [-0.2, 0) is 11.4 Å². The standard InChI is InChI=1S/C19H22N2O4/c1-13(19(23)24)11-21(3)18(22)16-6-4-5-15(9-16)12-25-17-8-7-14(2)20-10-17/h4-10,13H,11-12H2,1-3H3,(H,23,24). The van der Waals surface area contributed by atoms with Gasteiger partial charge in [0.05, 0.1) is 12.1 Å². The van der Waals surface area contributed by atoms with E-state index in [-0.39, 0.29) is 12.5 Å². The van der Waals surface area contributed by atoms with Gasteiger partial charge < -0.3 is 14.7 Å². The van der Waals surface area contributed by atoms with Crippen LogP contribution >= 0.6 is 0 Å². The second-order valence-corrected chi connectivity index (χ2v) is 6.05. The van der Waals surface area contributed by atoms with Gasteiger partial charge in [-0.1, -0.05) is 19.1 Å². The number of hydrogen-bond acceptors (Lipinski definition) is 4. The molecule has 2 aromatic rings. The number of carbonyl (C=O) groups excluding carboxylic acids is 1. The van der Waals surface area contributed by atoms with Crippen LogP contribution in [0.4, 0.5) is 0 Å². The molecule has 6 nitrogen and oxygen atoms in total. The summed E-state index contributed by atoms with van der Waals surface area (Å²) in [6, 6.07) is 10.8. The highest BCUT2D eigenvalue weighted by Crippen LogP contribution is 2.14. The van der Waals surface area contributed by atoms with Crippen molar-refractivity contribution in [2.24, 2.45) is 5.92 Å². The van der Waals surface area contributed by atoms with Crippen LogP contribution in [0.1, 0.15) is 28.5 Å². The number of aromatic nitrogens is 1. The molecule has 0 fully saturated rings. The number of aryl methyl sites for hydroxylation is 1. The summed E-state index contributed by atoms with van der Waals surface area (Å²) < 4.78 is 5.67. The van der Waals surface area contributed by atoms with Crippen LogP contribution in [0.2, 0.25) is 0 Å². The zero-order valence-corrected chi connectivity index (χ0v) is 14.6. The van der Waals surface area contributed by atoms with Gasteiger partial charge in [0.2, 0.25) is 0 Å². The third kappa shape index (κ3) is 5.31. The fraction of sp³-hybridized carbons (Fsp3) is 0.316. The summed E-state index contributed by atoms with van der Waals surface area (Å²) in [5, 5.41) is 8.96. The van der Waals surface area contributed by atoms with Gasteiger partial charge in [-0.25, -0.2) is 0 Å². The number of nitrogens with zero attached hydrogens (tertiary/aromatic N) is 2. The molecule has 1 amide bonds. The predicted molar refractivity (Wildman–Crippen MR) is 93.5 cm³/mol. The summed E-state index contributed by atoms with van der Waals surface area (Å²) in [5.74, 6) is -1.09. The maximum atomic E-state index is 12.4. The largest absolute Gasteiger partial charge is 0.487 e. The zero-order valence-electron chi connectivity index (χ0n) is 14.6. The van der Waals surface area contributed by atoms with Gasteiger partial charge in [-0.3, -0.25) is 14.6 Å². The molecular weight excluding hydrogens is 320 g/mol. The van der Waals surface area contributed by atoms with Crippen LogP contribution in [0.25, 0.3) is 0 Å². The normalized spacial score (nSPS) is 11.6. The first-order chi connectivity index (χ1) is 11.9. The molecule has 1 atom stereocenters. The first-order valence-electron chi connectivity index (χ1n) is 7.99. The summed E-state index contributed by atoms with van der Waals surface area (Å²) in [5.41, 5.74) is 2.27. The van der Waals surface area contributed by atoms with Crippen molar-refractivity contribution in [3.63, 3.8) is 0 Å². The molecule has 1 aromatic carbocycles. The van der Waals surface area contributed by atoms with E-state index < -0.39 is 11.9 Å². The molecule has 0 saturated carbocycles. The van der Waals surface area contributed by atoms with E-state index in [1.807, 2.05) is 25.1 Å². The number of pyridine rings is 1. The Hall–Kier alpha value is -2.89. The van der Waals surface area contributed by atoms with E-state index in [2.05, 4.69) is 4.98 Å². The van der Waals surface area contributed by atoms with Gasteiger partial charge in [-0.2, -0.15) is 0 Å². The van der Waals surface area contributed by atoms with E-state index in [1.165, 1.54) is 4.90 Å². The highest BCUT2D eigenvalue weighted by Gasteiger charge is 2.18. The van der Waals surface area contributed by atoms with Crippen LogP contribution < -0.4 is 4.74 Å². The SMILES string of the molecule is Cc1ccc(OCc2cccc(C(=O)N(C)CC(C)C(=O)O)c2)cn1. The Morgan fingerprint density at radius 2 is 2.04 bits per heavy atom. The van der Waals surface area contributed by atoms with E-state index in [4.69, 9.17) is 9.84 Å². The summed E-state index contributed by atoms with van der Waals surface area (Å²) in [4.78, 5) is 29.0. The average Bonchev–Trinajstić information content (AvgIpc) is 2.60. The molecule has 0 aliphatic rings. The number of carboxylic acid groups (broad SMARTS) is 1. The Kier molecular flexibility index (Phi) is 6.11. The number of benzene rings is 1. The van der Waals surface area contributed by atoms with Gasteiger partial charge in [0.25, 0.3) is 5.91 Å². The Balaban J connectivity index is 2.01. The molecule has 0 aliphatic carbocycles. The van der Waals surface area contributed by atoms with Gasteiger partial charge in [0, 0.05) is 24.8 Å². The van der Waals surface area contributed by atoms with E-state index in [0.29, 0.717) is 17.9 Å². The van der Waals surface area contributed by atoms with Crippen LogP contribution in [0.5, 0.6) is 5.75 Å². The molecule has 6 heteroatoms. The molecule has 25 heavy (non-hydrogen) atoms. The lowest BCUT2D eigenvalue weighted by Crippen LogP contribution is -2.33. The van der Waals surface area contributed by atoms with Crippen molar-refractivity contribution >= 4 is 11.9 Å². The Labute approximate surface area is 147 Å². The molecule has 1 heterocycles. The van der Waals surface area contributed by atoms with Gasteiger partial charge in [-0.15, -0.1) is 0 Å². The van der Waals surface area contributed by atoms with Crippen LogP contribution in [0, 0.1) is 12.8 Å². The topological polar surface area (TPSA) is 79.7 Å². The molecule has 0 bridgehead atoms. The Bertz CT molecular complexity index is 743. The van der Waals surface area contributed by atoms with Crippen molar-refractivity contribution in [3.8, 4) is 5.75 Å². The third-order valence-corrected chi connectivity index (χ3v) is 3.78. The summed E-state index contributed by atoms with van der Waals surface area (Å²) in [6.45, 7) is 3.96. The minimum Gasteiger partial charge on any atom is -0.487 e. The maximum Gasteiger partial charge on any atom is 0.308 e. The third-order valence-electron chi connectivity index (χ3n) is 3.78. The smallest absolute Gasteiger partial charge is 0.308 e. The quantitative estimate of drug-likeness (QED) is 0.837. The fourth-order valence-electron chi connectivity index (χ4n) is 2.29. The summed E-state index contributed by atoms with van der Waals surface area (Å²) in [7, 11) is 1.60. The van der Waals surface area contributed by atoms with Crippen LogP contribution in [-0.4, -0.2) is 40.5 Å². The average molecular weight is 342 g/mol.